The largest absolute Gasteiger partial charge is 0.451 e. The Kier molecular flexibility index (Phi) is 6.49. The average molecular weight is 426 g/mol. The lowest BCUT2D eigenvalue weighted by atomic mass is 9.95. The van der Waals surface area contributed by atoms with E-state index >= 15 is 0 Å². The van der Waals surface area contributed by atoms with Gasteiger partial charge in [-0.2, -0.15) is 5.10 Å². The molecule has 0 saturated heterocycles. The quantitative estimate of drug-likeness (QED) is 0.646. The van der Waals surface area contributed by atoms with E-state index in [1.54, 1.807) is 21.7 Å². The third-order valence-electron chi connectivity index (χ3n) is 6.00. The van der Waals surface area contributed by atoms with Gasteiger partial charge in [-0.05, 0) is 82.6 Å². The number of rotatable bonds is 6. The van der Waals surface area contributed by atoms with Crippen molar-refractivity contribution < 1.29 is 18.7 Å². The second-order valence-corrected chi connectivity index (χ2v) is 8.02. The van der Waals surface area contributed by atoms with Crippen LogP contribution in [0.3, 0.4) is 0 Å². The molecule has 4 rings (SSSR count). The number of likely N-dealkylation sites (N-methyl/N-ethyl adjacent to an activating group) is 1. The predicted octanol–water partition coefficient (Wildman–Crippen LogP) is 4.35. The first-order valence-electron chi connectivity index (χ1n) is 11.1. The van der Waals surface area contributed by atoms with Gasteiger partial charge < -0.3 is 9.64 Å². The number of hydrogen-bond donors (Lipinski definition) is 0. The van der Waals surface area contributed by atoms with Crippen molar-refractivity contribution in [2.24, 2.45) is 0 Å². The summed E-state index contributed by atoms with van der Waals surface area (Å²) < 4.78 is 20.4. The zero-order valence-electron chi connectivity index (χ0n) is 17.9. The fraction of sp³-hybridized carbons (Fsp3) is 0.458. The lowest BCUT2D eigenvalue weighted by molar-refractivity contribution is -0.132. The number of hydrogen-bond acceptors (Lipinski definition) is 4. The number of esters is 1. The van der Waals surface area contributed by atoms with Crippen LogP contribution in [0.4, 0.5) is 4.39 Å². The van der Waals surface area contributed by atoms with E-state index in [4.69, 9.17) is 4.74 Å². The Bertz CT molecular complexity index is 994. The van der Waals surface area contributed by atoms with E-state index in [1.165, 1.54) is 12.1 Å². The molecule has 164 valence electrons. The van der Waals surface area contributed by atoms with Crippen LogP contribution in [0, 0.1) is 5.82 Å². The second kappa shape index (κ2) is 9.45. The van der Waals surface area contributed by atoms with Crippen molar-refractivity contribution in [3.8, 4) is 5.69 Å². The van der Waals surface area contributed by atoms with Crippen LogP contribution in [0.5, 0.6) is 0 Å². The summed E-state index contributed by atoms with van der Waals surface area (Å²) >= 11 is 0. The molecule has 2 aliphatic carbocycles. The summed E-state index contributed by atoms with van der Waals surface area (Å²) in [5.41, 5.74) is 3.81. The van der Waals surface area contributed by atoms with Crippen LogP contribution in [-0.4, -0.2) is 39.7 Å². The van der Waals surface area contributed by atoms with Crippen LogP contribution in [0.1, 0.15) is 67.2 Å². The normalized spacial score (nSPS) is 15.7. The number of nitrogens with zero attached hydrogens (tertiary/aromatic N) is 3. The van der Waals surface area contributed by atoms with Gasteiger partial charge in [0.25, 0.3) is 5.91 Å². The lowest BCUT2D eigenvalue weighted by Crippen LogP contribution is -2.34. The van der Waals surface area contributed by atoms with Gasteiger partial charge in [0.15, 0.2) is 12.3 Å². The molecule has 1 amide bonds. The molecule has 0 spiro atoms. The zero-order chi connectivity index (χ0) is 21.8. The maximum Gasteiger partial charge on any atom is 0.359 e. The summed E-state index contributed by atoms with van der Waals surface area (Å²) in [6.45, 7) is 2.18. The van der Waals surface area contributed by atoms with Crippen LogP contribution < -0.4 is 0 Å². The van der Waals surface area contributed by atoms with Gasteiger partial charge in [-0.3, -0.25) is 4.79 Å². The molecule has 0 radical (unpaired) electrons. The first-order chi connectivity index (χ1) is 15.1. The number of halogens is 1. The van der Waals surface area contributed by atoms with E-state index in [9.17, 15) is 14.0 Å². The molecular weight excluding hydrogens is 397 g/mol. The van der Waals surface area contributed by atoms with Gasteiger partial charge in [-0.15, -0.1) is 0 Å². The Balaban J connectivity index is 1.51. The maximum absolute atomic E-state index is 13.3. The standard InChI is InChI=1S/C24H28FN3O3/c1-2-27(18-8-4-3-5-9-18)22(29)16-31-24(30)23-20-10-6-7-11-21(20)28(26-23)19-14-12-17(25)13-15-19/h8,12-15H,2-7,9-11,16H2,1H3. The first-order valence-corrected chi connectivity index (χ1v) is 11.1. The number of ether oxygens (including phenoxy) is 1. The minimum atomic E-state index is -0.582. The highest BCUT2D eigenvalue weighted by Gasteiger charge is 2.28. The van der Waals surface area contributed by atoms with Gasteiger partial charge in [-0.25, -0.2) is 13.9 Å². The molecule has 6 nitrogen and oxygen atoms in total. The van der Waals surface area contributed by atoms with Crippen molar-refractivity contribution >= 4 is 11.9 Å². The van der Waals surface area contributed by atoms with E-state index in [0.29, 0.717) is 12.2 Å². The molecule has 31 heavy (non-hydrogen) atoms. The number of allylic oxidation sites excluding steroid dienone is 2. The number of fused-ring (bicyclic) bond motifs is 1. The van der Waals surface area contributed by atoms with Crippen LogP contribution >= 0.6 is 0 Å². The number of aromatic nitrogens is 2. The zero-order valence-corrected chi connectivity index (χ0v) is 17.9. The molecule has 0 aliphatic heterocycles. The van der Waals surface area contributed by atoms with Gasteiger partial charge in [0.1, 0.15) is 5.82 Å². The molecule has 0 unspecified atom stereocenters. The monoisotopic (exact) mass is 425 g/mol. The van der Waals surface area contributed by atoms with Crippen molar-refractivity contribution in [1.29, 1.82) is 0 Å². The van der Waals surface area contributed by atoms with Crippen molar-refractivity contribution in [1.82, 2.24) is 14.7 Å². The minimum absolute atomic E-state index is 0.212. The average Bonchev–Trinajstić information content (AvgIpc) is 3.19. The molecule has 0 bridgehead atoms. The molecule has 2 aromatic rings. The van der Waals surface area contributed by atoms with Crippen LogP contribution in [0.25, 0.3) is 5.69 Å². The molecule has 0 fully saturated rings. The molecule has 1 aromatic carbocycles. The Morgan fingerprint density at radius 2 is 1.84 bits per heavy atom. The summed E-state index contributed by atoms with van der Waals surface area (Å²) in [6.07, 6.45) is 9.69. The molecular formula is C24H28FN3O3. The number of carbonyl (C=O) groups excluding carboxylic acids is 2. The SMILES string of the molecule is CCN(C(=O)COC(=O)c1nn(-c2ccc(F)cc2)c2c1CCCC2)C1=CCCCC1. The van der Waals surface area contributed by atoms with Crippen LogP contribution in [0.15, 0.2) is 36.0 Å². The summed E-state index contributed by atoms with van der Waals surface area (Å²) in [6, 6.07) is 6.05. The minimum Gasteiger partial charge on any atom is -0.451 e. The van der Waals surface area contributed by atoms with E-state index in [1.807, 2.05) is 6.92 Å². The van der Waals surface area contributed by atoms with Crippen LogP contribution in [-0.2, 0) is 22.4 Å². The van der Waals surface area contributed by atoms with Gasteiger partial charge in [0.05, 0.1) is 5.69 Å². The van der Waals surface area contributed by atoms with Crippen molar-refractivity contribution in [3.05, 3.63) is 58.8 Å². The number of amides is 1. The third kappa shape index (κ3) is 4.55. The van der Waals surface area contributed by atoms with E-state index < -0.39 is 5.97 Å². The van der Waals surface area contributed by atoms with Gasteiger partial charge >= 0.3 is 5.97 Å². The van der Waals surface area contributed by atoms with E-state index in [2.05, 4.69) is 11.2 Å². The highest BCUT2D eigenvalue weighted by molar-refractivity contribution is 5.91. The highest BCUT2D eigenvalue weighted by atomic mass is 19.1. The summed E-state index contributed by atoms with van der Waals surface area (Å²) in [5, 5.41) is 4.51. The Hall–Kier alpha value is -2.96. The molecule has 7 heteroatoms. The third-order valence-corrected chi connectivity index (χ3v) is 6.00. The highest BCUT2D eigenvalue weighted by Crippen LogP contribution is 2.28. The Morgan fingerprint density at radius 1 is 1.10 bits per heavy atom. The number of carbonyl (C=O) groups is 2. The summed E-state index contributed by atoms with van der Waals surface area (Å²) in [5.74, 6) is -1.12. The molecule has 1 aromatic heterocycles. The fourth-order valence-electron chi connectivity index (χ4n) is 4.44. The topological polar surface area (TPSA) is 64.4 Å². The summed E-state index contributed by atoms with van der Waals surface area (Å²) in [4.78, 5) is 27.3. The Morgan fingerprint density at radius 3 is 2.55 bits per heavy atom. The fourth-order valence-corrected chi connectivity index (χ4v) is 4.44. The van der Waals surface area contributed by atoms with E-state index in [-0.39, 0.29) is 24.0 Å². The second-order valence-electron chi connectivity index (χ2n) is 8.02. The van der Waals surface area contributed by atoms with Crippen molar-refractivity contribution in [2.75, 3.05) is 13.2 Å². The van der Waals surface area contributed by atoms with Crippen molar-refractivity contribution in [2.45, 2.75) is 58.3 Å². The summed E-state index contributed by atoms with van der Waals surface area (Å²) in [7, 11) is 0. The Labute approximate surface area is 181 Å². The molecule has 0 atom stereocenters. The van der Waals surface area contributed by atoms with E-state index in [0.717, 1.165) is 68.3 Å². The predicted molar refractivity (Wildman–Crippen MR) is 114 cm³/mol. The lowest BCUT2D eigenvalue weighted by Gasteiger charge is -2.26. The number of benzene rings is 1. The van der Waals surface area contributed by atoms with Crippen LogP contribution in [0.2, 0.25) is 0 Å². The molecule has 0 saturated carbocycles. The smallest absolute Gasteiger partial charge is 0.359 e. The first kappa shape index (κ1) is 21.3. The molecule has 0 N–H and O–H groups in total. The maximum atomic E-state index is 13.3. The van der Waals surface area contributed by atoms with Crippen molar-refractivity contribution in [3.63, 3.8) is 0 Å². The van der Waals surface area contributed by atoms with Gasteiger partial charge in [0.2, 0.25) is 0 Å². The van der Waals surface area contributed by atoms with Gasteiger partial charge in [0, 0.05) is 23.5 Å². The van der Waals surface area contributed by atoms with Gasteiger partial charge in [-0.1, -0.05) is 6.08 Å². The molecule has 2 aliphatic rings. The molecule has 1 heterocycles.